The lowest BCUT2D eigenvalue weighted by molar-refractivity contribution is -0.121. The van der Waals surface area contributed by atoms with Gasteiger partial charge in [-0.15, -0.1) is 0 Å². The Bertz CT molecular complexity index is 879. The molecule has 1 saturated carbocycles. The number of hydrogen-bond donors (Lipinski definition) is 2. The van der Waals surface area contributed by atoms with Crippen LogP contribution in [0.25, 0.3) is 5.65 Å². The van der Waals surface area contributed by atoms with Crippen LogP contribution >= 0.6 is 11.6 Å². The summed E-state index contributed by atoms with van der Waals surface area (Å²) in [7, 11) is 1.94. The Morgan fingerprint density at radius 2 is 2.15 bits per heavy atom. The van der Waals surface area contributed by atoms with Crippen LogP contribution in [0.15, 0.2) is 48.1 Å². The van der Waals surface area contributed by atoms with Crippen molar-refractivity contribution in [2.75, 3.05) is 7.05 Å². The van der Waals surface area contributed by atoms with Crippen molar-refractivity contribution in [1.82, 2.24) is 20.0 Å². The van der Waals surface area contributed by atoms with Crippen molar-refractivity contribution in [3.63, 3.8) is 0 Å². The summed E-state index contributed by atoms with van der Waals surface area (Å²) in [5, 5.41) is 7.01. The number of nitrogens with one attached hydrogen (secondary N) is 2. The van der Waals surface area contributed by atoms with Gasteiger partial charge in [0.2, 0.25) is 5.91 Å². The molecular weight excluding hydrogens is 360 g/mol. The van der Waals surface area contributed by atoms with Gasteiger partial charge in [-0.3, -0.25) is 4.79 Å². The van der Waals surface area contributed by atoms with Crippen LogP contribution < -0.4 is 10.6 Å². The van der Waals surface area contributed by atoms with E-state index < -0.39 is 0 Å². The summed E-state index contributed by atoms with van der Waals surface area (Å²) in [6.45, 7) is 4.07. The fourth-order valence-corrected chi connectivity index (χ4v) is 3.40. The standard InChI is InChI=1S/C21H27ClN4O/c1-4-6-16(11-18(23-3)14-7-8-14)24-21(27)17(5-2)19-13-26-12-15(22)9-10-20(26)25-19/h6,9-14,17,23H,4-5,7-8H2,1-3H3,(H,24,27)/b16-6-,18-11-/t17-/m1/s1. The number of imidazole rings is 1. The highest BCUT2D eigenvalue weighted by Crippen LogP contribution is 2.35. The van der Waals surface area contributed by atoms with E-state index in [4.69, 9.17) is 11.6 Å². The molecule has 0 unspecified atom stereocenters. The van der Waals surface area contributed by atoms with Gasteiger partial charge in [0.05, 0.1) is 16.6 Å². The molecule has 5 nitrogen and oxygen atoms in total. The van der Waals surface area contributed by atoms with Gasteiger partial charge in [-0.05, 0) is 49.8 Å². The SMILES string of the molecule is CC/C=C(/C=C(\NC)C1CC1)NC(=O)[C@H](CC)c1cn2cc(Cl)ccc2n1. The van der Waals surface area contributed by atoms with E-state index >= 15 is 0 Å². The Morgan fingerprint density at radius 3 is 2.78 bits per heavy atom. The summed E-state index contributed by atoms with van der Waals surface area (Å²) < 4.78 is 1.86. The average Bonchev–Trinajstić information content (AvgIpc) is 3.40. The Morgan fingerprint density at radius 1 is 1.37 bits per heavy atom. The fourth-order valence-electron chi connectivity index (χ4n) is 3.23. The Kier molecular flexibility index (Phi) is 6.22. The molecule has 2 aromatic rings. The Labute approximate surface area is 165 Å². The molecule has 144 valence electrons. The maximum Gasteiger partial charge on any atom is 0.233 e. The zero-order valence-electron chi connectivity index (χ0n) is 16.1. The number of fused-ring (bicyclic) bond motifs is 1. The largest absolute Gasteiger partial charge is 0.391 e. The highest BCUT2D eigenvalue weighted by molar-refractivity contribution is 6.30. The second-order valence-corrected chi connectivity index (χ2v) is 7.36. The van der Waals surface area contributed by atoms with Gasteiger partial charge < -0.3 is 15.0 Å². The minimum absolute atomic E-state index is 0.0331. The molecule has 0 saturated heterocycles. The number of halogens is 1. The summed E-state index contributed by atoms with van der Waals surface area (Å²) >= 11 is 6.05. The zero-order valence-corrected chi connectivity index (χ0v) is 16.9. The first-order chi connectivity index (χ1) is 13.0. The second-order valence-electron chi connectivity index (χ2n) is 6.92. The van der Waals surface area contributed by atoms with Crippen LogP contribution in [-0.2, 0) is 4.79 Å². The van der Waals surface area contributed by atoms with Gasteiger partial charge in [0, 0.05) is 30.8 Å². The van der Waals surface area contributed by atoms with Crippen LogP contribution in [0.1, 0.15) is 51.1 Å². The topological polar surface area (TPSA) is 58.4 Å². The Balaban J connectivity index is 1.81. The predicted octanol–water partition coefficient (Wildman–Crippen LogP) is 4.40. The molecule has 6 heteroatoms. The third-order valence-corrected chi connectivity index (χ3v) is 5.05. The lowest BCUT2D eigenvalue weighted by atomic mass is 10.0. The molecule has 2 heterocycles. The third-order valence-electron chi connectivity index (χ3n) is 4.82. The predicted molar refractivity (Wildman–Crippen MR) is 110 cm³/mol. The summed E-state index contributed by atoms with van der Waals surface area (Å²) in [5.74, 6) is 0.253. The normalized spacial score (nSPS) is 16.4. The lowest BCUT2D eigenvalue weighted by Gasteiger charge is -2.15. The molecule has 1 fully saturated rings. The van der Waals surface area contributed by atoms with Gasteiger partial charge >= 0.3 is 0 Å². The van der Waals surface area contributed by atoms with Crippen molar-refractivity contribution in [3.05, 3.63) is 58.8 Å². The van der Waals surface area contributed by atoms with Crippen LogP contribution in [-0.4, -0.2) is 22.3 Å². The van der Waals surface area contributed by atoms with Gasteiger partial charge in [0.25, 0.3) is 0 Å². The van der Waals surface area contributed by atoms with Crippen LogP contribution in [0.2, 0.25) is 5.02 Å². The molecule has 1 aliphatic carbocycles. The van der Waals surface area contributed by atoms with Gasteiger partial charge in [-0.25, -0.2) is 4.98 Å². The summed E-state index contributed by atoms with van der Waals surface area (Å²) in [4.78, 5) is 17.6. The van der Waals surface area contributed by atoms with Crippen molar-refractivity contribution in [3.8, 4) is 0 Å². The van der Waals surface area contributed by atoms with E-state index in [9.17, 15) is 4.79 Å². The Hall–Kier alpha value is -2.27. The molecule has 1 atom stereocenters. The highest BCUT2D eigenvalue weighted by Gasteiger charge is 2.26. The van der Waals surface area contributed by atoms with E-state index in [2.05, 4.69) is 28.6 Å². The summed E-state index contributed by atoms with van der Waals surface area (Å²) in [6, 6.07) is 3.66. The van der Waals surface area contributed by atoms with Crippen LogP contribution in [0.4, 0.5) is 0 Å². The third kappa shape index (κ3) is 4.72. The molecule has 27 heavy (non-hydrogen) atoms. The smallest absolute Gasteiger partial charge is 0.233 e. The molecule has 2 N–H and O–H groups in total. The van der Waals surface area contributed by atoms with Gasteiger partial charge in [-0.2, -0.15) is 0 Å². The monoisotopic (exact) mass is 386 g/mol. The van der Waals surface area contributed by atoms with E-state index in [1.165, 1.54) is 18.5 Å². The van der Waals surface area contributed by atoms with E-state index in [1.54, 1.807) is 12.3 Å². The first kappa shape index (κ1) is 19.5. The van der Waals surface area contributed by atoms with Gasteiger partial charge in [-0.1, -0.05) is 31.5 Å². The second kappa shape index (κ2) is 8.61. The quantitative estimate of drug-likeness (QED) is 0.661. The zero-order chi connectivity index (χ0) is 19.4. The van der Waals surface area contributed by atoms with E-state index in [1.807, 2.05) is 36.7 Å². The van der Waals surface area contributed by atoms with E-state index in [0.29, 0.717) is 17.4 Å². The van der Waals surface area contributed by atoms with Crippen molar-refractivity contribution >= 4 is 23.2 Å². The molecule has 0 aromatic carbocycles. The number of allylic oxidation sites excluding steroid dienone is 3. The molecule has 1 aliphatic rings. The number of hydrogen-bond acceptors (Lipinski definition) is 3. The first-order valence-corrected chi connectivity index (χ1v) is 9.98. The molecule has 3 rings (SSSR count). The number of aromatic nitrogens is 2. The number of carbonyl (C=O) groups excluding carboxylic acids is 1. The first-order valence-electron chi connectivity index (χ1n) is 9.60. The highest BCUT2D eigenvalue weighted by atomic mass is 35.5. The van der Waals surface area contributed by atoms with Gasteiger partial charge in [0.1, 0.15) is 5.65 Å². The average molecular weight is 387 g/mol. The number of rotatable bonds is 8. The van der Waals surface area contributed by atoms with E-state index in [-0.39, 0.29) is 11.8 Å². The number of carbonyl (C=O) groups is 1. The lowest BCUT2D eigenvalue weighted by Crippen LogP contribution is -2.29. The summed E-state index contributed by atoms with van der Waals surface area (Å²) in [6.07, 6.45) is 11.8. The van der Waals surface area contributed by atoms with Crippen molar-refractivity contribution in [1.29, 1.82) is 0 Å². The van der Waals surface area contributed by atoms with Gasteiger partial charge in [0.15, 0.2) is 0 Å². The molecule has 0 aliphatic heterocycles. The number of pyridine rings is 1. The van der Waals surface area contributed by atoms with Crippen LogP contribution in [0, 0.1) is 5.92 Å². The maximum atomic E-state index is 13.0. The van der Waals surface area contributed by atoms with Crippen LogP contribution in [0.5, 0.6) is 0 Å². The minimum Gasteiger partial charge on any atom is -0.391 e. The number of amides is 1. The minimum atomic E-state index is -0.309. The summed E-state index contributed by atoms with van der Waals surface area (Å²) in [5.41, 5.74) is 3.58. The molecule has 0 bridgehead atoms. The van der Waals surface area contributed by atoms with Crippen molar-refractivity contribution < 1.29 is 4.79 Å². The van der Waals surface area contributed by atoms with Crippen molar-refractivity contribution in [2.45, 2.75) is 45.4 Å². The van der Waals surface area contributed by atoms with E-state index in [0.717, 1.165) is 23.5 Å². The molecular formula is C21H27ClN4O. The molecule has 0 radical (unpaired) electrons. The maximum absolute atomic E-state index is 13.0. The number of nitrogens with zero attached hydrogens (tertiary/aromatic N) is 2. The van der Waals surface area contributed by atoms with Crippen molar-refractivity contribution in [2.24, 2.45) is 5.92 Å². The fraction of sp³-hybridized carbons (Fsp3) is 0.429. The van der Waals surface area contributed by atoms with Crippen LogP contribution in [0.3, 0.4) is 0 Å². The molecule has 2 aromatic heterocycles. The molecule has 0 spiro atoms. The molecule has 1 amide bonds.